The van der Waals surface area contributed by atoms with Gasteiger partial charge in [0.25, 0.3) is 0 Å². The maximum Gasteiger partial charge on any atom is 0.330 e. The van der Waals surface area contributed by atoms with Gasteiger partial charge in [0.05, 0.1) is 17.6 Å². The van der Waals surface area contributed by atoms with Gasteiger partial charge >= 0.3 is 5.69 Å². The number of carbonyl (C=O) groups excluding carboxylic acids is 2. The number of aromatic amines is 1. The third kappa shape index (κ3) is 3.44. The van der Waals surface area contributed by atoms with Crippen molar-refractivity contribution in [2.75, 3.05) is 12.4 Å². The normalized spacial score (nSPS) is 18.8. The number of aryl methyl sites for hydroxylation is 1. The van der Waals surface area contributed by atoms with Gasteiger partial charge in [-0.25, -0.2) is 4.79 Å². The highest BCUT2D eigenvalue weighted by atomic mass is 16.2. The van der Waals surface area contributed by atoms with Gasteiger partial charge in [-0.1, -0.05) is 12.1 Å². The molecule has 0 spiro atoms. The lowest BCUT2D eigenvalue weighted by Crippen LogP contribution is -2.30. The Balaban J connectivity index is 1.60. The fourth-order valence-corrected chi connectivity index (χ4v) is 3.85. The molecule has 2 N–H and O–H groups in total. The summed E-state index contributed by atoms with van der Waals surface area (Å²) < 4.78 is 1.53. The van der Waals surface area contributed by atoms with Crippen molar-refractivity contribution < 1.29 is 9.59 Å². The molecule has 2 amide bonds. The van der Waals surface area contributed by atoms with Gasteiger partial charge in [0.2, 0.25) is 11.8 Å². The van der Waals surface area contributed by atoms with Crippen molar-refractivity contribution in [3.05, 3.63) is 76.7 Å². The fourth-order valence-electron chi connectivity index (χ4n) is 3.85. The summed E-state index contributed by atoms with van der Waals surface area (Å²) in [6.45, 7) is 1.82. The monoisotopic (exact) mass is 391 g/mol. The van der Waals surface area contributed by atoms with Gasteiger partial charge in [0, 0.05) is 43.4 Å². The van der Waals surface area contributed by atoms with Crippen LogP contribution in [0.25, 0.3) is 5.69 Å². The van der Waals surface area contributed by atoms with Gasteiger partial charge in [-0.05, 0) is 36.8 Å². The first-order chi connectivity index (χ1) is 14.0. The number of hydrogen-bond acceptors (Lipinski definition) is 4. The van der Waals surface area contributed by atoms with Gasteiger partial charge in [-0.15, -0.1) is 0 Å². The molecule has 1 aliphatic rings. The van der Waals surface area contributed by atoms with Crippen LogP contribution >= 0.6 is 0 Å². The maximum absolute atomic E-state index is 13.0. The molecule has 1 fully saturated rings. The summed E-state index contributed by atoms with van der Waals surface area (Å²) in [6, 6.07) is 10.4. The van der Waals surface area contributed by atoms with Crippen molar-refractivity contribution in [3.63, 3.8) is 0 Å². The Morgan fingerprint density at radius 2 is 2.07 bits per heavy atom. The summed E-state index contributed by atoms with van der Waals surface area (Å²) >= 11 is 0. The zero-order valence-electron chi connectivity index (χ0n) is 16.1. The second-order valence-electron chi connectivity index (χ2n) is 7.16. The number of aromatic nitrogens is 3. The molecule has 0 bridgehead atoms. The minimum absolute atomic E-state index is 0.0812. The number of nitrogens with one attached hydrogen (secondary N) is 2. The lowest BCUT2D eigenvalue weighted by Gasteiger charge is -2.24. The Morgan fingerprint density at radius 3 is 2.76 bits per heavy atom. The first kappa shape index (κ1) is 18.7. The van der Waals surface area contributed by atoms with E-state index in [1.807, 2.05) is 13.0 Å². The number of nitrogens with zero attached hydrogens (tertiary/aromatic N) is 3. The molecule has 1 saturated heterocycles. The van der Waals surface area contributed by atoms with Crippen LogP contribution in [0, 0.1) is 12.8 Å². The molecule has 0 aliphatic carbocycles. The lowest BCUT2D eigenvalue weighted by molar-refractivity contribution is -0.127. The standard InChI is InChI=1S/C21H21N5O3/c1-13-11-23-21(29)26(13)16-7-3-6-15(9-16)24-20(28)17-10-18(27)25(2)19(17)14-5-4-8-22-12-14/h3-9,11-12,17,19H,10H2,1-2H3,(H,23,29)(H,24,28). The van der Waals surface area contributed by atoms with Crippen molar-refractivity contribution in [2.24, 2.45) is 5.92 Å². The summed E-state index contributed by atoms with van der Waals surface area (Å²) in [6.07, 6.45) is 5.11. The molecular formula is C21H21N5O3. The molecule has 8 nitrogen and oxygen atoms in total. The van der Waals surface area contributed by atoms with Crippen molar-refractivity contribution in [1.29, 1.82) is 0 Å². The summed E-state index contributed by atoms with van der Waals surface area (Å²) in [5, 5.41) is 2.90. The molecule has 0 radical (unpaired) electrons. The summed E-state index contributed by atoms with van der Waals surface area (Å²) in [4.78, 5) is 45.7. The number of hydrogen-bond donors (Lipinski definition) is 2. The Kier molecular flexibility index (Phi) is 4.75. The number of anilines is 1. The van der Waals surface area contributed by atoms with Crippen LogP contribution < -0.4 is 11.0 Å². The molecule has 2 atom stereocenters. The molecule has 1 aromatic carbocycles. The van der Waals surface area contributed by atoms with E-state index in [0.29, 0.717) is 11.4 Å². The van der Waals surface area contributed by atoms with Gasteiger partial charge in [0.15, 0.2) is 0 Å². The minimum atomic E-state index is -0.530. The van der Waals surface area contributed by atoms with E-state index in [4.69, 9.17) is 0 Å². The lowest BCUT2D eigenvalue weighted by atomic mass is 9.94. The summed E-state index contributed by atoms with van der Waals surface area (Å²) in [5.74, 6) is -0.855. The molecule has 3 aromatic rings. The van der Waals surface area contributed by atoms with Crippen LogP contribution in [0.5, 0.6) is 0 Å². The topological polar surface area (TPSA) is 100 Å². The third-order valence-electron chi connectivity index (χ3n) is 5.28. The predicted molar refractivity (Wildman–Crippen MR) is 108 cm³/mol. The van der Waals surface area contributed by atoms with Crippen molar-refractivity contribution in [3.8, 4) is 5.69 Å². The maximum atomic E-state index is 13.0. The molecule has 148 valence electrons. The summed E-state index contributed by atoms with van der Waals surface area (Å²) in [5.41, 5.74) is 2.55. The predicted octanol–water partition coefficient (Wildman–Crippen LogP) is 2.03. The van der Waals surface area contributed by atoms with Crippen LogP contribution in [-0.2, 0) is 9.59 Å². The molecule has 2 unspecified atom stereocenters. The molecule has 0 saturated carbocycles. The van der Waals surface area contributed by atoms with Gasteiger partial charge < -0.3 is 15.2 Å². The first-order valence-corrected chi connectivity index (χ1v) is 9.29. The van der Waals surface area contributed by atoms with Crippen LogP contribution in [-0.4, -0.2) is 38.3 Å². The molecule has 1 aliphatic heterocycles. The van der Waals surface area contributed by atoms with E-state index in [0.717, 1.165) is 11.3 Å². The van der Waals surface area contributed by atoms with E-state index >= 15 is 0 Å². The van der Waals surface area contributed by atoms with Gasteiger partial charge in [-0.2, -0.15) is 0 Å². The second-order valence-corrected chi connectivity index (χ2v) is 7.16. The van der Waals surface area contributed by atoms with E-state index in [9.17, 15) is 14.4 Å². The van der Waals surface area contributed by atoms with Crippen LogP contribution in [0.15, 0.2) is 59.8 Å². The van der Waals surface area contributed by atoms with Crippen LogP contribution in [0.1, 0.15) is 23.7 Å². The molecule has 8 heteroatoms. The number of carbonyl (C=O) groups is 2. The van der Waals surface area contributed by atoms with E-state index in [2.05, 4.69) is 15.3 Å². The van der Waals surface area contributed by atoms with Crippen molar-refractivity contribution in [2.45, 2.75) is 19.4 Å². The largest absolute Gasteiger partial charge is 0.338 e. The summed E-state index contributed by atoms with van der Waals surface area (Å²) in [7, 11) is 1.70. The number of rotatable bonds is 4. The molecular weight excluding hydrogens is 370 g/mol. The second kappa shape index (κ2) is 7.38. The fraction of sp³-hybridized carbons (Fsp3) is 0.238. The van der Waals surface area contributed by atoms with E-state index < -0.39 is 5.92 Å². The average Bonchev–Trinajstić information content (AvgIpc) is 3.21. The third-order valence-corrected chi connectivity index (χ3v) is 5.28. The van der Waals surface area contributed by atoms with E-state index in [1.165, 1.54) is 4.57 Å². The number of amides is 2. The first-order valence-electron chi connectivity index (χ1n) is 9.29. The number of H-pyrrole nitrogens is 1. The zero-order valence-corrected chi connectivity index (χ0v) is 16.1. The van der Waals surface area contributed by atoms with Crippen LogP contribution in [0.4, 0.5) is 5.69 Å². The Bertz CT molecular complexity index is 1120. The quantitative estimate of drug-likeness (QED) is 0.711. The van der Waals surface area contributed by atoms with E-state index in [-0.39, 0.29) is 30.0 Å². The highest BCUT2D eigenvalue weighted by molar-refractivity contribution is 5.98. The zero-order chi connectivity index (χ0) is 20.5. The van der Waals surface area contributed by atoms with Crippen molar-refractivity contribution in [1.82, 2.24) is 19.4 Å². The number of pyridine rings is 1. The van der Waals surface area contributed by atoms with Crippen molar-refractivity contribution >= 4 is 17.5 Å². The average molecular weight is 391 g/mol. The van der Waals surface area contributed by atoms with Gasteiger partial charge in [0.1, 0.15) is 0 Å². The van der Waals surface area contributed by atoms with Gasteiger partial charge in [-0.3, -0.25) is 19.1 Å². The van der Waals surface area contributed by atoms with Crippen LogP contribution in [0.3, 0.4) is 0 Å². The smallest absolute Gasteiger partial charge is 0.330 e. The Morgan fingerprint density at radius 1 is 1.24 bits per heavy atom. The highest BCUT2D eigenvalue weighted by Crippen LogP contribution is 2.37. The minimum Gasteiger partial charge on any atom is -0.338 e. The molecule has 4 rings (SSSR count). The Labute approximate surface area is 167 Å². The number of imidazole rings is 1. The van der Waals surface area contributed by atoms with Crippen LogP contribution in [0.2, 0.25) is 0 Å². The SMILES string of the molecule is Cc1c[nH]c(=O)n1-c1cccc(NC(=O)C2CC(=O)N(C)C2c2cccnc2)c1. The number of benzene rings is 1. The highest BCUT2D eigenvalue weighted by Gasteiger charge is 2.42. The molecule has 29 heavy (non-hydrogen) atoms. The Hall–Kier alpha value is -3.68. The van der Waals surface area contributed by atoms with E-state index in [1.54, 1.807) is 60.9 Å². The molecule has 2 aromatic heterocycles. The number of likely N-dealkylation sites (tertiary alicyclic amines) is 1. The molecule has 3 heterocycles.